The number of benzene rings is 2. The fourth-order valence-electron chi connectivity index (χ4n) is 3.84. The van der Waals surface area contributed by atoms with E-state index in [4.69, 9.17) is 0 Å². The van der Waals surface area contributed by atoms with Gasteiger partial charge in [0.1, 0.15) is 5.00 Å². The SMILES string of the molecule is CC(=O)Nc1ccc(C(=O)Nc2sc3c(c2C(=O)NCc2ccccc2)CCCC3)cc1. The van der Waals surface area contributed by atoms with Gasteiger partial charge in [0, 0.05) is 29.6 Å². The summed E-state index contributed by atoms with van der Waals surface area (Å²) >= 11 is 1.50. The third-order valence-electron chi connectivity index (χ3n) is 5.39. The number of carbonyl (C=O) groups excluding carboxylic acids is 3. The van der Waals surface area contributed by atoms with E-state index < -0.39 is 0 Å². The summed E-state index contributed by atoms with van der Waals surface area (Å²) < 4.78 is 0. The molecule has 0 saturated heterocycles. The van der Waals surface area contributed by atoms with Gasteiger partial charge in [-0.1, -0.05) is 30.3 Å². The zero-order valence-electron chi connectivity index (χ0n) is 17.9. The molecule has 0 saturated carbocycles. The van der Waals surface area contributed by atoms with E-state index in [-0.39, 0.29) is 17.7 Å². The van der Waals surface area contributed by atoms with E-state index in [0.717, 1.165) is 36.8 Å². The number of fused-ring (bicyclic) bond motifs is 1. The van der Waals surface area contributed by atoms with Gasteiger partial charge in [-0.25, -0.2) is 0 Å². The zero-order chi connectivity index (χ0) is 22.5. The second-order valence-electron chi connectivity index (χ2n) is 7.80. The lowest BCUT2D eigenvalue weighted by atomic mass is 9.95. The minimum atomic E-state index is -0.282. The molecule has 32 heavy (non-hydrogen) atoms. The summed E-state index contributed by atoms with van der Waals surface area (Å²) in [5, 5.41) is 9.24. The van der Waals surface area contributed by atoms with E-state index in [1.165, 1.54) is 23.1 Å². The van der Waals surface area contributed by atoms with E-state index in [1.54, 1.807) is 24.3 Å². The summed E-state index contributed by atoms with van der Waals surface area (Å²) in [7, 11) is 0. The van der Waals surface area contributed by atoms with Gasteiger partial charge in [0.2, 0.25) is 5.91 Å². The highest BCUT2D eigenvalue weighted by molar-refractivity contribution is 7.17. The van der Waals surface area contributed by atoms with Gasteiger partial charge in [0.15, 0.2) is 0 Å². The van der Waals surface area contributed by atoms with Gasteiger partial charge in [-0.2, -0.15) is 0 Å². The molecule has 3 aromatic rings. The van der Waals surface area contributed by atoms with E-state index in [1.807, 2.05) is 30.3 Å². The molecule has 0 radical (unpaired) electrons. The molecular weight excluding hydrogens is 422 g/mol. The quantitative estimate of drug-likeness (QED) is 0.509. The van der Waals surface area contributed by atoms with Gasteiger partial charge in [-0.15, -0.1) is 11.3 Å². The molecule has 4 rings (SSSR count). The first-order valence-corrected chi connectivity index (χ1v) is 11.5. The molecule has 1 heterocycles. The number of hydrogen-bond acceptors (Lipinski definition) is 4. The highest BCUT2D eigenvalue weighted by atomic mass is 32.1. The molecule has 2 aromatic carbocycles. The zero-order valence-corrected chi connectivity index (χ0v) is 18.7. The molecular formula is C25H25N3O3S. The molecule has 3 amide bonds. The standard InChI is InChI=1S/C25H25N3O3S/c1-16(29)27-19-13-11-18(12-14-19)23(30)28-25-22(20-9-5-6-10-21(20)32-25)24(31)26-15-17-7-3-2-4-8-17/h2-4,7-8,11-14H,5-6,9-10,15H2,1H3,(H,26,31)(H,27,29)(H,28,30). The summed E-state index contributed by atoms with van der Waals surface area (Å²) in [4.78, 5) is 38.4. The van der Waals surface area contributed by atoms with Crippen molar-refractivity contribution >= 4 is 39.7 Å². The summed E-state index contributed by atoms with van der Waals surface area (Å²) in [6.07, 6.45) is 3.92. The Morgan fingerprint density at radius 1 is 0.875 bits per heavy atom. The fraction of sp³-hybridized carbons (Fsp3) is 0.240. The van der Waals surface area contributed by atoms with Crippen molar-refractivity contribution < 1.29 is 14.4 Å². The Labute approximate surface area is 191 Å². The number of carbonyl (C=O) groups is 3. The third kappa shape index (κ3) is 5.06. The Hall–Kier alpha value is -3.45. The molecule has 1 aromatic heterocycles. The van der Waals surface area contributed by atoms with Crippen LogP contribution >= 0.6 is 11.3 Å². The largest absolute Gasteiger partial charge is 0.348 e. The van der Waals surface area contributed by atoms with Crippen molar-refractivity contribution in [2.24, 2.45) is 0 Å². The second-order valence-corrected chi connectivity index (χ2v) is 8.90. The summed E-state index contributed by atoms with van der Waals surface area (Å²) in [6.45, 7) is 1.87. The predicted octanol–water partition coefficient (Wildman–Crippen LogP) is 4.77. The Balaban J connectivity index is 1.54. The Kier molecular flexibility index (Phi) is 6.66. The van der Waals surface area contributed by atoms with Gasteiger partial charge in [-0.05, 0) is 61.1 Å². The lowest BCUT2D eigenvalue weighted by Gasteiger charge is -2.13. The Morgan fingerprint density at radius 3 is 2.31 bits per heavy atom. The van der Waals surface area contributed by atoms with Crippen molar-refractivity contribution in [3.63, 3.8) is 0 Å². The van der Waals surface area contributed by atoms with Crippen LogP contribution in [0.2, 0.25) is 0 Å². The van der Waals surface area contributed by atoms with Gasteiger partial charge in [0.25, 0.3) is 11.8 Å². The van der Waals surface area contributed by atoms with Crippen molar-refractivity contribution in [2.75, 3.05) is 10.6 Å². The monoisotopic (exact) mass is 447 g/mol. The molecule has 6 nitrogen and oxygen atoms in total. The van der Waals surface area contributed by atoms with Crippen molar-refractivity contribution in [1.82, 2.24) is 5.32 Å². The maximum absolute atomic E-state index is 13.1. The number of hydrogen-bond donors (Lipinski definition) is 3. The smallest absolute Gasteiger partial charge is 0.256 e. The number of rotatable bonds is 6. The van der Waals surface area contributed by atoms with Crippen LogP contribution in [0.15, 0.2) is 54.6 Å². The molecule has 0 aliphatic heterocycles. The fourth-order valence-corrected chi connectivity index (χ4v) is 5.13. The lowest BCUT2D eigenvalue weighted by Crippen LogP contribution is -2.25. The van der Waals surface area contributed by atoms with Crippen LogP contribution < -0.4 is 16.0 Å². The Morgan fingerprint density at radius 2 is 1.59 bits per heavy atom. The van der Waals surface area contributed by atoms with Crippen LogP contribution in [0.4, 0.5) is 10.7 Å². The number of anilines is 2. The molecule has 0 bridgehead atoms. The minimum Gasteiger partial charge on any atom is -0.348 e. The van der Waals surface area contributed by atoms with Crippen LogP contribution in [0.1, 0.15) is 56.5 Å². The number of thiophene rings is 1. The number of aryl methyl sites for hydroxylation is 1. The topological polar surface area (TPSA) is 87.3 Å². The van der Waals surface area contributed by atoms with E-state index in [0.29, 0.717) is 28.4 Å². The molecule has 1 aliphatic carbocycles. The summed E-state index contributed by atoms with van der Waals surface area (Å²) in [5.74, 6) is -0.614. The highest BCUT2D eigenvalue weighted by Gasteiger charge is 2.26. The van der Waals surface area contributed by atoms with Crippen molar-refractivity contribution in [3.05, 3.63) is 81.7 Å². The van der Waals surface area contributed by atoms with Crippen LogP contribution in [0, 0.1) is 0 Å². The highest BCUT2D eigenvalue weighted by Crippen LogP contribution is 2.38. The van der Waals surface area contributed by atoms with Crippen molar-refractivity contribution in [2.45, 2.75) is 39.2 Å². The van der Waals surface area contributed by atoms with Gasteiger partial charge in [-0.3, -0.25) is 14.4 Å². The van der Waals surface area contributed by atoms with Crippen molar-refractivity contribution in [1.29, 1.82) is 0 Å². The maximum atomic E-state index is 13.1. The summed E-state index contributed by atoms with van der Waals surface area (Å²) in [6, 6.07) is 16.4. The predicted molar refractivity (Wildman–Crippen MR) is 127 cm³/mol. The minimum absolute atomic E-state index is 0.162. The first-order valence-electron chi connectivity index (χ1n) is 10.7. The normalized spacial score (nSPS) is 12.5. The Bertz CT molecular complexity index is 1140. The lowest BCUT2D eigenvalue weighted by molar-refractivity contribution is -0.114. The van der Waals surface area contributed by atoms with E-state index >= 15 is 0 Å². The maximum Gasteiger partial charge on any atom is 0.256 e. The van der Waals surface area contributed by atoms with Gasteiger partial charge in [0.05, 0.1) is 5.56 Å². The average Bonchev–Trinajstić information content (AvgIpc) is 3.16. The van der Waals surface area contributed by atoms with Crippen LogP contribution in [0.25, 0.3) is 0 Å². The molecule has 0 atom stereocenters. The molecule has 0 spiro atoms. The second kappa shape index (κ2) is 9.78. The van der Waals surface area contributed by atoms with Crippen LogP contribution in [0.5, 0.6) is 0 Å². The van der Waals surface area contributed by atoms with Crippen LogP contribution in [-0.4, -0.2) is 17.7 Å². The number of amides is 3. The van der Waals surface area contributed by atoms with Crippen molar-refractivity contribution in [3.8, 4) is 0 Å². The molecule has 3 N–H and O–H groups in total. The van der Waals surface area contributed by atoms with E-state index in [9.17, 15) is 14.4 Å². The number of nitrogens with one attached hydrogen (secondary N) is 3. The molecule has 0 fully saturated rings. The van der Waals surface area contributed by atoms with E-state index in [2.05, 4.69) is 16.0 Å². The average molecular weight is 448 g/mol. The first kappa shape index (κ1) is 21.8. The van der Waals surface area contributed by atoms with Gasteiger partial charge < -0.3 is 16.0 Å². The van der Waals surface area contributed by atoms with Gasteiger partial charge >= 0.3 is 0 Å². The summed E-state index contributed by atoms with van der Waals surface area (Å²) in [5.41, 5.74) is 3.75. The first-order chi connectivity index (χ1) is 15.5. The molecule has 164 valence electrons. The molecule has 7 heteroatoms. The molecule has 0 unspecified atom stereocenters. The van der Waals surface area contributed by atoms with Crippen LogP contribution in [-0.2, 0) is 24.2 Å². The third-order valence-corrected chi connectivity index (χ3v) is 6.60. The van der Waals surface area contributed by atoms with Crippen LogP contribution in [0.3, 0.4) is 0 Å². The molecule has 1 aliphatic rings.